The Kier molecular flexibility index (Phi) is 5.48. The van der Waals surface area contributed by atoms with Gasteiger partial charge in [0.15, 0.2) is 0 Å². The lowest BCUT2D eigenvalue weighted by Crippen LogP contribution is -2.15. The van der Waals surface area contributed by atoms with Crippen molar-refractivity contribution in [3.8, 4) is 6.07 Å². The molecule has 2 aromatic rings. The summed E-state index contributed by atoms with van der Waals surface area (Å²) in [6.45, 7) is 3.54. The Morgan fingerprint density at radius 2 is 2.29 bits per heavy atom. The third kappa shape index (κ3) is 4.50. The van der Waals surface area contributed by atoms with E-state index in [1.54, 1.807) is 32.0 Å². The summed E-state index contributed by atoms with van der Waals surface area (Å²) in [5, 5.41) is 11.1. The minimum absolute atomic E-state index is 0.00271. The summed E-state index contributed by atoms with van der Waals surface area (Å²) in [5.74, 6) is -0.533. The predicted octanol–water partition coefficient (Wildman–Crippen LogP) is 2.11. The van der Waals surface area contributed by atoms with Crippen molar-refractivity contribution in [2.75, 3.05) is 11.1 Å². The summed E-state index contributed by atoms with van der Waals surface area (Å²) in [6, 6.07) is 4.96. The Hall–Kier alpha value is -2.51. The molecule has 8 nitrogen and oxygen atoms in total. The molecule has 0 fully saturated rings. The van der Waals surface area contributed by atoms with E-state index >= 15 is 0 Å². The second kappa shape index (κ2) is 7.37. The summed E-state index contributed by atoms with van der Waals surface area (Å²) in [4.78, 5) is 15.9. The fourth-order valence-electron chi connectivity index (χ4n) is 1.73. The number of carbonyl (C=O) groups is 1. The zero-order valence-electron chi connectivity index (χ0n) is 12.9. The highest BCUT2D eigenvalue weighted by Crippen LogP contribution is 2.18. The highest BCUT2D eigenvalue weighted by Gasteiger charge is 2.23. The van der Waals surface area contributed by atoms with Crippen molar-refractivity contribution < 1.29 is 17.6 Å². The van der Waals surface area contributed by atoms with Gasteiger partial charge in [0.2, 0.25) is 15.0 Å². The number of nitrogens with zero attached hydrogens (tertiary/aromatic N) is 3. The summed E-state index contributed by atoms with van der Waals surface area (Å²) < 4.78 is 32.9. The molecule has 0 unspecified atom stereocenters. The van der Waals surface area contributed by atoms with Crippen LogP contribution in [0.4, 0.5) is 5.13 Å². The molecule has 1 N–H and O–H groups in total. The Morgan fingerprint density at radius 1 is 1.54 bits per heavy atom. The van der Waals surface area contributed by atoms with Crippen LogP contribution in [0.15, 0.2) is 33.5 Å². The molecule has 1 amide bonds. The van der Waals surface area contributed by atoms with E-state index in [1.165, 1.54) is 12.3 Å². The van der Waals surface area contributed by atoms with E-state index in [0.717, 1.165) is 11.5 Å². The Bertz CT molecular complexity index is 890. The van der Waals surface area contributed by atoms with Gasteiger partial charge < -0.3 is 4.42 Å². The number of nitriles is 1. The molecular weight excluding hydrogens is 352 g/mol. The van der Waals surface area contributed by atoms with Crippen LogP contribution in [0.2, 0.25) is 0 Å². The molecule has 0 saturated carbocycles. The molecule has 0 saturated heterocycles. The lowest BCUT2D eigenvalue weighted by Gasteiger charge is -2.02. The third-order valence-electron chi connectivity index (χ3n) is 2.65. The van der Waals surface area contributed by atoms with Crippen LogP contribution in [0.3, 0.4) is 0 Å². The summed E-state index contributed by atoms with van der Waals surface area (Å²) in [7, 11) is -3.60. The number of hydrogen-bond acceptors (Lipinski definition) is 8. The maximum Gasteiger partial charge on any atom is 0.268 e. The zero-order valence-corrected chi connectivity index (χ0v) is 14.5. The molecule has 0 aromatic carbocycles. The van der Waals surface area contributed by atoms with Gasteiger partial charge in [0.05, 0.1) is 12.0 Å². The van der Waals surface area contributed by atoms with E-state index < -0.39 is 15.7 Å². The molecule has 0 radical (unpaired) electrons. The van der Waals surface area contributed by atoms with Gasteiger partial charge in [-0.3, -0.25) is 10.1 Å². The van der Waals surface area contributed by atoms with E-state index in [0.29, 0.717) is 5.76 Å². The third-order valence-corrected chi connectivity index (χ3v) is 5.24. The van der Waals surface area contributed by atoms with Crippen molar-refractivity contribution in [2.24, 2.45) is 5.92 Å². The van der Waals surface area contributed by atoms with Gasteiger partial charge in [-0.1, -0.05) is 13.8 Å². The maximum absolute atomic E-state index is 12.1. The van der Waals surface area contributed by atoms with Crippen molar-refractivity contribution in [1.29, 1.82) is 5.26 Å². The minimum atomic E-state index is -3.60. The van der Waals surface area contributed by atoms with Crippen LogP contribution in [0.25, 0.3) is 6.08 Å². The van der Waals surface area contributed by atoms with Crippen molar-refractivity contribution in [3.63, 3.8) is 0 Å². The first-order valence-corrected chi connectivity index (χ1v) is 9.27. The lowest BCUT2D eigenvalue weighted by atomic mass is 10.2. The van der Waals surface area contributed by atoms with Crippen LogP contribution in [-0.4, -0.2) is 29.4 Å². The smallest absolute Gasteiger partial charge is 0.268 e. The molecule has 0 bridgehead atoms. The van der Waals surface area contributed by atoms with Gasteiger partial charge in [-0.05, 0) is 18.1 Å². The first-order chi connectivity index (χ1) is 11.3. The molecule has 2 heterocycles. The molecule has 0 aliphatic rings. The number of hydrogen-bond donors (Lipinski definition) is 1. The first kappa shape index (κ1) is 17.8. The average molecular weight is 366 g/mol. The Morgan fingerprint density at radius 3 is 2.88 bits per heavy atom. The number of carbonyl (C=O) groups excluding carboxylic acids is 1. The predicted molar refractivity (Wildman–Crippen MR) is 87.7 cm³/mol. The highest BCUT2D eigenvalue weighted by molar-refractivity contribution is 7.91. The van der Waals surface area contributed by atoms with E-state index in [9.17, 15) is 13.2 Å². The molecule has 0 spiro atoms. The number of sulfone groups is 1. The van der Waals surface area contributed by atoms with Crippen LogP contribution in [0.1, 0.15) is 19.6 Å². The number of anilines is 1. The van der Waals surface area contributed by atoms with Gasteiger partial charge in [0, 0.05) is 17.6 Å². The van der Waals surface area contributed by atoms with Crippen LogP contribution in [-0.2, 0) is 14.6 Å². The molecule has 0 atom stereocenters. The minimum Gasteiger partial charge on any atom is -0.465 e. The maximum atomic E-state index is 12.1. The van der Waals surface area contributed by atoms with Gasteiger partial charge in [-0.25, -0.2) is 8.42 Å². The van der Waals surface area contributed by atoms with Crippen molar-refractivity contribution in [2.45, 2.75) is 19.0 Å². The standard InChI is InChI=1S/C14H14N4O4S2/c1-9(2)8-24(20,21)14-17-13(23-18-14)16-12(19)10(7-15)6-11-4-3-5-22-11/h3-6,9H,8H2,1-2H3,(H,16,17,18,19)/b10-6-. The normalized spacial score (nSPS) is 12.2. The van der Waals surface area contributed by atoms with Crippen LogP contribution >= 0.6 is 11.5 Å². The quantitative estimate of drug-likeness (QED) is 0.613. The summed E-state index contributed by atoms with van der Waals surface area (Å²) >= 11 is 0.735. The van der Waals surface area contributed by atoms with Crippen molar-refractivity contribution >= 4 is 38.5 Å². The summed E-state index contributed by atoms with van der Waals surface area (Å²) in [5.41, 5.74) is -0.202. The van der Waals surface area contributed by atoms with Gasteiger partial charge in [-0.15, -0.1) is 0 Å². The molecule has 0 aliphatic heterocycles. The number of furan rings is 1. The zero-order chi connectivity index (χ0) is 17.7. The molecule has 2 rings (SSSR count). The van der Waals surface area contributed by atoms with Crippen molar-refractivity contribution in [3.05, 3.63) is 29.7 Å². The monoisotopic (exact) mass is 366 g/mol. The Balaban J connectivity index is 2.14. The number of nitrogens with one attached hydrogen (secondary N) is 1. The van der Waals surface area contributed by atoms with Crippen LogP contribution in [0.5, 0.6) is 0 Å². The van der Waals surface area contributed by atoms with Gasteiger partial charge >= 0.3 is 0 Å². The van der Waals surface area contributed by atoms with Gasteiger partial charge in [0.1, 0.15) is 17.4 Å². The van der Waals surface area contributed by atoms with E-state index in [2.05, 4.69) is 14.7 Å². The second-order valence-electron chi connectivity index (χ2n) is 5.20. The first-order valence-electron chi connectivity index (χ1n) is 6.85. The SMILES string of the molecule is CC(C)CS(=O)(=O)c1nsc(NC(=O)/C(C#N)=C\c2ccco2)n1. The van der Waals surface area contributed by atoms with Crippen LogP contribution < -0.4 is 5.32 Å². The molecule has 24 heavy (non-hydrogen) atoms. The van der Waals surface area contributed by atoms with E-state index in [-0.39, 0.29) is 27.5 Å². The number of amides is 1. The molecular formula is C14H14N4O4S2. The second-order valence-corrected chi connectivity index (χ2v) is 7.88. The fraction of sp³-hybridized carbons (Fsp3) is 0.286. The number of rotatable bonds is 6. The Labute approximate surface area is 142 Å². The van der Waals surface area contributed by atoms with E-state index in [4.69, 9.17) is 9.68 Å². The number of aromatic nitrogens is 2. The molecule has 10 heteroatoms. The largest absolute Gasteiger partial charge is 0.465 e. The highest BCUT2D eigenvalue weighted by atomic mass is 32.2. The van der Waals surface area contributed by atoms with Crippen molar-refractivity contribution in [1.82, 2.24) is 9.36 Å². The average Bonchev–Trinajstić information content (AvgIpc) is 3.14. The topological polar surface area (TPSA) is 126 Å². The van der Waals surface area contributed by atoms with E-state index in [1.807, 2.05) is 0 Å². The van der Waals surface area contributed by atoms with Gasteiger partial charge in [0.25, 0.3) is 11.1 Å². The summed E-state index contributed by atoms with van der Waals surface area (Å²) in [6.07, 6.45) is 2.68. The van der Waals surface area contributed by atoms with Gasteiger partial charge in [-0.2, -0.15) is 14.6 Å². The molecule has 126 valence electrons. The molecule has 0 aliphatic carbocycles. The molecule has 2 aromatic heterocycles. The van der Waals surface area contributed by atoms with Crippen LogP contribution in [0, 0.1) is 17.2 Å². The fourth-order valence-corrected chi connectivity index (χ4v) is 4.08. The lowest BCUT2D eigenvalue weighted by molar-refractivity contribution is -0.112.